The van der Waals surface area contributed by atoms with Crippen LogP contribution in [0.2, 0.25) is 0 Å². The van der Waals surface area contributed by atoms with Crippen molar-refractivity contribution in [1.82, 2.24) is 4.98 Å². The van der Waals surface area contributed by atoms with Gasteiger partial charge in [-0.15, -0.1) is 22.7 Å². The minimum absolute atomic E-state index is 0.0547. The van der Waals surface area contributed by atoms with Crippen molar-refractivity contribution in [3.63, 3.8) is 0 Å². The molecule has 0 aliphatic carbocycles. The van der Waals surface area contributed by atoms with E-state index in [1.165, 1.54) is 46.8 Å². The predicted octanol–water partition coefficient (Wildman–Crippen LogP) is 5.58. The smallest absolute Gasteiger partial charge is 0.267 e. The van der Waals surface area contributed by atoms with Crippen LogP contribution in [-0.2, 0) is 19.4 Å². The van der Waals surface area contributed by atoms with E-state index in [2.05, 4.69) is 53.7 Å². The third kappa shape index (κ3) is 6.39. The molecule has 1 amide bonds. The molecule has 0 spiro atoms. The van der Waals surface area contributed by atoms with Gasteiger partial charge in [-0.1, -0.05) is 38.5 Å². The Hall–Kier alpha value is -2.22. The van der Waals surface area contributed by atoms with Gasteiger partial charge in [-0.3, -0.25) is 10.1 Å². The molecule has 1 aromatic carbocycles. The summed E-state index contributed by atoms with van der Waals surface area (Å²) in [5, 5.41) is 17.8. The maximum Gasteiger partial charge on any atom is 0.267 e. The first kappa shape index (κ1) is 22.5. The van der Waals surface area contributed by atoms with E-state index in [9.17, 15) is 4.79 Å². The van der Waals surface area contributed by atoms with Gasteiger partial charge in [-0.2, -0.15) is 0 Å². The fraction of sp³-hybridized carbons (Fsp3) is 0.391. The zero-order chi connectivity index (χ0) is 21.3. The molecule has 2 aromatic heterocycles. The number of rotatable bonds is 11. The Morgan fingerprint density at radius 1 is 1.20 bits per heavy atom. The van der Waals surface area contributed by atoms with Crippen molar-refractivity contribution in [2.75, 3.05) is 17.2 Å². The number of hydrogen-bond donors (Lipinski definition) is 3. The van der Waals surface area contributed by atoms with Crippen molar-refractivity contribution in [2.24, 2.45) is 5.92 Å². The molecule has 0 fully saturated rings. The molecule has 0 saturated carbocycles. The van der Waals surface area contributed by atoms with Gasteiger partial charge >= 0.3 is 0 Å². The lowest BCUT2D eigenvalue weighted by Gasteiger charge is -2.13. The summed E-state index contributed by atoms with van der Waals surface area (Å²) >= 11 is 2.86. The highest BCUT2D eigenvalue weighted by Crippen LogP contribution is 2.24. The average Bonchev–Trinajstić information content (AvgIpc) is 3.41. The van der Waals surface area contributed by atoms with E-state index < -0.39 is 0 Å². The van der Waals surface area contributed by atoms with Gasteiger partial charge in [-0.05, 0) is 42.5 Å². The van der Waals surface area contributed by atoms with Crippen molar-refractivity contribution in [1.29, 1.82) is 0 Å². The molecule has 1 atom stereocenters. The fourth-order valence-corrected chi connectivity index (χ4v) is 4.63. The highest BCUT2D eigenvalue weighted by atomic mass is 32.1. The van der Waals surface area contributed by atoms with Crippen molar-refractivity contribution in [3.8, 4) is 0 Å². The van der Waals surface area contributed by atoms with Crippen LogP contribution in [0.4, 0.5) is 10.8 Å². The second-order valence-corrected chi connectivity index (χ2v) is 9.43. The maximum absolute atomic E-state index is 12.5. The fourth-order valence-electron chi connectivity index (χ4n) is 3.05. The number of aliphatic hydroxyl groups is 1. The Balaban J connectivity index is 1.56. The Morgan fingerprint density at radius 3 is 2.83 bits per heavy atom. The lowest BCUT2D eigenvalue weighted by atomic mass is 9.98. The number of hydrogen-bond acceptors (Lipinski definition) is 6. The van der Waals surface area contributed by atoms with E-state index in [-0.39, 0.29) is 12.5 Å². The third-order valence-corrected chi connectivity index (χ3v) is 6.99. The number of carbonyl (C=O) groups excluding carboxylic acids is 1. The summed E-state index contributed by atoms with van der Waals surface area (Å²) in [5.74, 6) is 0.582. The molecule has 3 rings (SSSR count). The van der Waals surface area contributed by atoms with Gasteiger partial charge in [0.2, 0.25) is 0 Å². The van der Waals surface area contributed by atoms with Crippen LogP contribution in [0.15, 0.2) is 41.8 Å². The second-order valence-electron chi connectivity index (χ2n) is 7.40. The van der Waals surface area contributed by atoms with Crippen molar-refractivity contribution in [2.45, 2.75) is 46.1 Å². The molecule has 3 aromatic rings. The molecule has 30 heavy (non-hydrogen) atoms. The molecule has 0 radical (unpaired) electrons. The first-order chi connectivity index (χ1) is 14.6. The molecule has 2 heterocycles. The Morgan fingerprint density at radius 2 is 2.03 bits per heavy atom. The zero-order valence-electron chi connectivity index (χ0n) is 17.5. The van der Waals surface area contributed by atoms with Gasteiger partial charge in [0.25, 0.3) is 5.91 Å². The van der Waals surface area contributed by atoms with Crippen LogP contribution in [0.1, 0.15) is 52.5 Å². The SMILES string of the molecule is CCC(C)CCc1ccccc1NCc1ccc(C(=O)Nc2nc(CCO)cs2)s1. The minimum atomic E-state index is -0.148. The van der Waals surface area contributed by atoms with Gasteiger partial charge in [-0.25, -0.2) is 4.98 Å². The summed E-state index contributed by atoms with van der Waals surface area (Å²) in [4.78, 5) is 18.6. The number of aryl methyl sites for hydroxylation is 1. The van der Waals surface area contributed by atoms with Crippen LogP contribution >= 0.6 is 22.7 Å². The number of nitrogens with one attached hydrogen (secondary N) is 2. The van der Waals surface area contributed by atoms with Crippen LogP contribution in [-0.4, -0.2) is 22.6 Å². The standard InChI is InChI=1S/C23H29N3O2S2/c1-3-16(2)8-9-17-6-4-5-7-20(17)24-14-19-10-11-21(30-19)22(28)26-23-25-18(12-13-27)15-29-23/h4-7,10-11,15-16,24,27H,3,8-9,12-14H2,1-2H3,(H,25,26,28). The second kappa shape index (κ2) is 11.2. The number of para-hydroxylation sites is 1. The van der Waals surface area contributed by atoms with Gasteiger partial charge in [0.15, 0.2) is 5.13 Å². The summed E-state index contributed by atoms with van der Waals surface area (Å²) in [6.45, 7) is 5.28. The van der Waals surface area contributed by atoms with Gasteiger partial charge in [0.05, 0.1) is 10.6 Å². The number of aromatic nitrogens is 1. The Kier molecular flexibility index (Phi) is 8.42. The monoisotopic (exact) mass is 443 g/mol. The minimum Gasteiger partial charge on any atom is -0.396 e. The first-order valence-electron chi connectivity index (χ1n) is 10.4. The molecule has 5 nitrogen and oxygen atoms in total. The van der Waals surface area contributed by atoms with E-state index in [0.29, 0.717) is 23.0 Å². The number of benzene rings is 1. The number of nitrogens with zero attached hydrogens (tertiary/aromatic N) is 1. The van der Waals surface area contributed by atoms with Crippen LogP contribution in [0.5, 0.6) is 0 Å². The van der Waals surface area contributed by atoms with Gasteiger partial charge < -0.3 is 10.4 Å². The van der Waals surface area contributed by atoms with E-state index >= 15 is 0 Å². The van der Waals surface area contributed by atoms with Gasteiger partial charge in [0.1, 0.15) is 0 Å². The Labute approximate surface area is 186 Å². The molecule has 0 aliphatic heterocycles. The van der Waals surface area contributed by atoms with Gasteiger partial charge in [0, 0.05) is 35.5 Å². The molecular formula is C23H29N3O2S2. The molecule has 1 unspecified atom stereocenters. The average molecular weight is 444 g/mol. The van der Waals surface area contributed by atoms with Crippen molar-refractivity contribution in [3.05, 3.63) is 62.8 Å². The lowest BCUT2D eigenvalue weighted by Crippen LogP contribution is -2.10. The number of carbonyl (C=O) groups is 1. The highest BCUT2D eigenvalue weighted by Gasteiger charge is 2.12. The molecule has 0 bridgehead atoms. The topological polar surface area (TPSA) is 74.2 Å². The predicted molar refractivity (Wildman–Crippen MR) is 127 cm³/mol. The maximum atomic E-state index is 12.5. The largest absolute Gasteiger partial charge is 0.396 e. The zero-order valence-corrected chi connectivity index (χ0v) is 19.1. The first-order valence-corrected chi connectivity index (χ1v) is 12.1. The summed E-state index contributed by atoms with van der Waals surface area (Å²) in [5.41, 5.74) is 3.30. The summed E-state index contributed by atoms with van der Waals surface area (Å²) < 4.78 is 0. The van der Waals surface area contributed by atoms with Crippen molar-refractivity contribution < 1.29 is 9.90 Å². The molecule has 160 valence electrons. The number of amides is 1. The summed E-state index contributed by atoms with van der Waals surface area (Å²) in [7, 11) is 0. The van der Waals surface area contributed by atoms with Crippen LogP contribution in [0, 0.1) is 5.92 Å². The number of thiazole rings is 1. The highest BCUT2D eigenvalue weighted by molar-refractivity contribution is 7.15. The number of aliphatic hydroxyl groups excluding tert-OH is 1. The molecule has 7 heteroatoms. The summed E-state index contributed by atoms with van der Waals surface area (Å²) in [6, 6.07) is 12.3. The van der Waals surface area contributed by atoms with Crippen molar-refractivity contribution >= 4 is 39.4 Å². The van der Waals surface area contributed by atoms with Crippen LogP contribution in [0.3, 0.4) is 0 Å². The lowest BCUT2D eigenvalue weighted by molar-refractivity contribution is 0.103. The normalized spacial score (nSPS) is 12.0. The number of thiophene rings is 1. The Bertz CT molecular complexity index is 951. The van der Waals surface area contributed by atoms with Crippen LogP contribution < -0.4 is 10.6 Å². The van der Waals surface area contributed by atoms with E-state index in [1.807, 2.05) is 17.5 Å². The molecule has 0 saturated heterocycles. The molecular weight excluding hydrogens is 414 g/mol. The number of anilines is 2. The van der Waals surface area contributed by atoms with E-state index in [0.717, 1.165) is 22.9 Å². The van der Waals surface area contributed by atoms with Crippen LogP contribution in [0.25, 0.3) is 0 Å². The molecule has 3 N–H and O–H groups in total. The summed E-state index contributed by atoms with van der Waals surface area (Å²) in [6.07, 6.45) is 3.97. The molecule has 0 aliphatic rings. The van der Waals surface area contributed by atoms with E-state index in [1.54, 1.807) is 0 Å². The third-order valence-electron chi connectivity index (χ3n) is 5.10. The van der Waals surface area contributed by atoms with E-state index in [4.69, 9.17) is 5.11 Å². The quantitative estimate of drug-likeness (QED) is 0.361.